The van der Waals surface area contributed by atoms with E-state index in [0.29, 0.717) is 18.0 Å². The molecule has 25 heavy (non-hydrogen) atoms. The summed E-state index contributed by atoms with van der Waals surface area (Å²) in [6.07, 6.45) is 6.41. The molecule has 1 aliphatic rings. The lowest BCUT2D eigenvalue weighted by atomic mass is 9.92. The number of piperidine rings is 1. The third kappa shape index (κ3) is 3.80. The number of carbonyl (C=O) groups is 1. The molecule has 3 aromatic rings. The van der Waals surface area contributed by atoms with Crippen LogP contribution in [-0.2, 0) is 6.42 Å². The highest BCUT2D eigenvalue weighted by molar-refractivity contribution is 7.09. The number of hydrogen-bond donors (Lipinski definition) is 2. The molecule has 0 unspecified atom stereocenters. The molecular weight excluding hydrogens is 332 g/mol. The number of hydrogen-bond acceptors (Lipinski definition) is 5. The predicted octanol–water partition coefficient (Wildman–Crippen LogP) is 3.57. The van der Waals surface area contributed by atoms with Crippen LogP contribution in [0.3, 0.4) is 0 Å². The molecule has 0 aromatic carbocycles. The first-order chi connectivity index (χ1) is 12.3. The van der Waals surface area contributed by atoms with Gasteiger partial charge in [0.25, 0.3) is 0 Å². The number of aromatic amines is 1. The van der Waals surface area contributed by atoms with Gasteiger partial charge >= 0.3 is 0 Å². The highest BCUT2D eigenvalue weighted by atomic mass is 32.1. The van der Waals surface area contributed by atoms with E-state index in [4.69, 9.17) is 0 Å². The fraction of sp³-hybridized carbons (Fsp3) is 0.421. The van der Waals surface area contributed by atoms with Crippen molar-refractivity contribution in [2.45, 2.75) is 32.1 Å². The number of Topliss-reactive ketones (excluding diaryl/α,β-unsaturated/α-hetero) is 1. The monoisotopic (exact) mass is 354 g/mol. The molecule has 3 aromatic heterocycles. The van der Waals surface area contributed by atoms with E-state index in [9.17, 15) is 4.79 Å². The van der Waals surface area contributed by atoms with E-state index < -0.39 is 0 Å². The number of H-pyrrole nitrogens is 1. The molecular formula is C19H22N4OS. The molecule has 1 aliphatic heterocycles. The maximum absolute atomic E-state index is 12.7. The molecule has 0 spiro atoms. The number of thiophene rings is 1. The number of nitrogens with one attached hydrogen (secondary N) is 2. The Kier molecular flexibility index (Phi) is 4.90. The Bertz CT molecular complexity index is 850. The Morgan fingerprint density at radius 2 is 2.32 bits per heavy atom. The summed E-state index contributed by atoms with van der Waals surface area (Å²) in [7, 11) is 0. The molecule has 1 saturated heterocycles. The number of pyridine rings is 1. The van der Waals surface area contributed by atoms with Gasteiger partial charge in [0.2, 0.25) is 0 Å². The highest BCUT2D eigenvalue weighted by Gasteiger charge is 2.18. The molecule has 2 N–H and O–H groups in total. The quantitative estimate of drug-likeness (QED) is 0.664. The van der Waals surface area contributed by atoms with Crippen molar-refractivity contribution >= 4 is 28.3 Å². The number of aromatic nitrogens is 3. The summed E-state index contributed by atoms with van der Waals surface area (Å²) >= 11 is 1.71. The Morgan fingerprint density at radius 1 is 1.36 bits per heavy atom. The van der Waals surface area contributed by atoms with Gasteiger partial charge in [-0.3, -0.25) is 4.79 Å². The fourth-order valence-electron chi connectivity index (χ4n) is 3.49. The van der Waals surface area contributed by atoms with Gasteiger partial charge in [0.1, 0.15) is 5.82 Å². The zero-order valence-electron chi connectivity index (χ0n) is 14.1. The average Bonchev–Trinajstić information content (AvgIpc) is 3.29. The van der Waals surface area contributed by atoms with Crippen LogP contribution < -0.4 is 5.32 Å². The van der Waals surface area contributed by atoms with Crippen LogP contribution in [0, 0.1) is 5.92 Å². The lowest BCUT2D eigenvalue weighted by Gasteiger charge is -2.22. The predicted molar refractivity (Wildman–Crippen MR) is 100 cm³/mol. The largest absolute Gasteiger partial charge is 0.340 e. The first kappa shape index (κ1) is 16.4. The minimum Gasteiger partial charge on any atom is -0.340 e. The van der Waals surface area contributed by atoms with Crippen molar-refractivity contribution in [2.75, 3.05) is 13.1 Å². The molecule has 0 saturated carbocycles. The summed E-state index contributed by atoms with van der Waals surface area (Å²) in [5.41, 5.74) is 2.14. The van der Waals surface area contributed by atoms with Crippen molar-refractivity contribution < 1.29 is 4.79 Å². The van der Waals surface area contributed by atoms with Crippen molar-refractivity contribution in [3.63, 3.8) is 0 Å². The van der Waals surface area contributed by atoms with Gasteiger partial charge in [0.05, 0.1) is 5.52 Å². The fourth-order valence-corrected chi connectivity index (χ4v) is 4.20. The van der Waals surface area contributed by atoms with E-state index in [2.05, 4.69) is 31.7 Å². The molecule has 0 radical (unpaired) electrons. The van der Waals surface area contributed by atoms with E-state index in [1.54, 1.807) is 17.5 Å². The van der Waals surface area contributed by atoms with Gasteiger partial charge in [-0.05, 0) is 55.8 Å². The number of ketones is 1. The first-order valence-electron chi connectivity index (χ1n) is 8.89. The van der Waals surface area contributed by atoms with Gasteiger partial charge in [-0.2, -0.15) is 0 Å². The molecule has 0 aliphatic carbocycles. The van der Waals surface area contributed by atoms with Crippen molar-refractivity contribution in [3.8, 4) is 0 Å². The lowest BCUT2D eigenvalue weighted by Crippen LogP contribution is -2.30. The second-order valence-corrected chi connectivity index (χ2v) is 7.70. The topological polar surface area (TPSA) is 70.7 Å². The zero-order valence-corrected chi connectivity index (χ0v) is 14.9. The van der Waals surface area contributed by atoms with Crippen LogP contribution in [0.4, 0.5) is 0 Å². The van der Waals surface area contributed by atoms with Gasteiger partial charge in [0.15, 0.2) is 11.4 Å². The summed E-state index contributed by atoms with van der Waals surface area (Å²) in [4.78, 5) is 26.2. The lowest BCUT2D eigenvalue weighted by molar-refractivity contribution is 0.0973. The third-order valence-corrected chi connectivity index (χ3v) is 5.72. The van der Waals surface area contributed by atoms with E-state index in [-0.39, 0.29) is 5.78 Å². The van der Waals surface area contributed by atoms with Crippen LogP contribution in [0.15, 0.2) is 29.8 Å². The summed E-state index contributed by atoms with van der Waals surface area (Å²) in [5, 5.41) is 5.48. The molecule has 4 rings (SSSR count). The zero-order chi connectivity index (χ0) is 17.1. The average molecular weight is 354 g/mol. The molecule has 1 fully saturated rings. The van der Waals surface area contributed by atoms with Crippen LogP contribution >= 0.6 is 11.3 Å². The van der Waals surface area contributed by atoms with Crippen LogP contribution in [-0.4, -0.2) is 33.8 Å². The van der Waals surface area contributed by atoms with E-state index in [0.717, 1.165) is 42.8 Å². The van der Waals surface area contributed by atoms with Crippen LogP contribution in [0.5, 0.6) is 0 Å². The van der Waals surface area contributed by atoms with Crippen LogP contribution in [0.1, 0.15) is 46.7 Å². The van der Waals surface area contributed by atoms with Crippen molar-refractivity contribution in [1.82, 2.24) is 20.3 Å². The number of rotatable bonds is 6. The molecule has 0 bridgehead atoms. The molecule has 4 heterocycles. The normalized spacial score (nSPS) is 17.8. The second-order valence-electron chi connectivity index (χ2n) is 6.67. The second kappa shape index (κ2) is 7.45. The Labute approximate surface area is 150 Å². The standard InChI is InChI=1S/C19H22N4OS/c24-16(6-5-13-3-1-8-20-12-13)15-7-9-21-19-18(15)22-17(23-19)11-14-4-2-10-25-14/h2,4,7,9-10,13,20H,1,3,5-6,8,11-12H2,(H,21,22,23)/t13-/m1/s1. The Balaban J connectivity index is 1.50. The van der Waals surface area contributed by atoms with E-state index >= 15 is 0 Å². The Hall–Kier alpha value is -2.05. The SMILES string of the molecule is O=C(CC[C@H]1CCCNC1)c1ccnc2nc(Cc3cccs3)[nH]c12. The molecule has 130 valence electrons. The minimum absolute atomic E-state index is 0.185. The van der Waals surface area contributed by atoms with Crippen molar-refractivity contribution in [1.29, 1.82) is 0 Å². The number of imidazole rings is 1. The Morgan fingerprint density at radius 3 is 3.12 bits per heavy atom. The van der Waals surface area contributed by atoms with Crippen LogP contribution in [0.2, 0.25) is 0 Å². The molecule has 1 atom stereocenters. The maximum atomic E-state index is 12.7. The van der Waals surface area contributed by atoms with Gasteiger partial charge in [-0.15, -0.1) is 11.3 Å². The summed E-state index contributed by atoms with van der Waals surface area (Å²) < 4.78 is 0. The number of carbonyl (C=O) groups excluding carboxylic acids is 1. The smallest absolute Gasteiger partial charge is 0.178 e. The summed E-state index contributed by atoms with van der Waals surface area (Å²) in [6.45, 7) is 2.14. The van der Waals surface area contributed by atoms with E-state index in [1.807, 2.05) is 12.1 Å². The van der Waals surface area contributed by atoms with Crippen molar-refractivity contribution in [2.24, 2.45) is 5.92 Å². The number of nitrogens with zero attached hydrogens (tertiary/aromatic N) is 2. The van der Waals surface area contributed by atoms with Gasteiger partial charge in [-0.25, -0.2) is 9.97 Å². The minimum atomic E-state index is 0.185. The van der Waals surface area contributed by atoms with Gasteiger partial charge in [-0.1, -0.05) is 6.07 Å². The highest BCUT2D eigenvalue weighted by Crippen LogP contribution is 2.22. The molecule has 6 heteroatoms. The van der Waals surface area contributed by atoms with Crippen molar-refractivity contribution in [3.05, 3.63) is 46.0 Å². The van der Waals surface area contributed by atoms with Crippen LogP contribution in [0.25, 0.3) is 11.2 Å². The molecule has 5 nitrogen and oxygen atoms in total. The summed E-state index contributed by atoms with van der Waals surface area (Å²) in [6, 6.07) is 5.95. The third-order valence-electron chi connectivity index (χ3n) is 4.84. The van der Waals surface area contributed by atoms with Gasteiger partial charge < -0.3 is 10.3 Å². The van der Waals surface area contributed by atoms with Gasteiger partial charge in [0, 0.05) is 29.5 Å². The van der Waals surface area contributed by atoms with E-state index in [1.165, 1.54) is 17.7 Å². The molecule has 0 amide bonds. The first-order valence-corrected chi connectivity index (χ1v) is 9.77. The summed E-state index contributed by atoms with van der Waals surface area (Å²) in [5.74, 6) is 1.66. The maximum Gasteiger partial charge on any atom is 0.178 e. The number of fused-ring (bicyclic) bond motifs is 1.